The number of anilines is 1. The highest BCUT2D eigenvalue weighted by Crippen LogP contribution is 2.37. The lowest BCUT2D eigenvalue weighted by Crippen LogP contribution is -2.24. The van der Waals surface area contributed by atoms with Gasteiger partial charge in [-0.1, -0.05) is 40.9 Å². The summed E-state index contributed by atoms with van der Waals surface area (Å²) in [6, 6.07) is 7.13. The molecule has 1 aromatic heterocycles. The summed E-state index contributed by atoms with van der Waals surface area (Å²) in [6.45, 7) is -0.0523. The van der Waals surface area contributed by atoms with E-state index in [4.69, 9.17) is 50.0 Å². The summed E-state index contributed by atoms with van der Waals surface area (Å²) in [6.07, 6.45) is 0. The summed E-state index contributed by atoms with van der Waals surface area (Å²) in [5.74, 6) is -3.29. The number of H-pyrrole nitrogens is 1. The van der Waals surface area contributed by atoms with Crippen molar-refractivity contribution >= 4 is 52.6 Å². The number of nitrogen functional groups attached to an aromatic ring is 1. The number of hydrogen-bond donors (Lipinski definition) is 4. The molecule has 0 saturated heterocycles. The molecule has 2 aromatic carbocycles. The Balaban J connectivity index is 2.10. The molecule has 9 nitrogen and oxygen atoms in total. The number of nitrogens with one attached hydrogen (secondary N) is 1. The molecule has 3 aromatic rings. The molecule has 0 aliphatic rings. The van der Waals surface area contributed by atoms with Crippen LogP contribution in [0.4, 0.5) is 5.82 Å². The van der Waals surface area contributed by atoms with E-state index in [2.05, 4.69) is 0 Å². The average molecular weight is 514 g/mol. The Labute approximate surface area is 201 Å². The number of aromatic carboxylic acids is 2. The SMILES string of the molecule is COc1cc(-c2c(C(=O)O)c(N)[nH]c(=O)c2C(=O)O)ccc1OCc1c(Cl)cc(Cl)cc1Cl. The number of aromatic nitrogens is 1. The minimum atomic E-state index is -1.62. The molecule has 0 atom stereocenters. The minimum Gasteiger partial charge on any atom is -0.493 e. The first-order valence-corrected chi connectivity index (χ1v) is 10.2. The molecular formula is C21H15Cl3N2O7. The molecule has 3 rings (SSSR count). The molecule has 0 radical (unpaired) electrons. The van der Waals surface area contributed by atoms with E-state index in [9.17, 15) is 24.6 Å². The van der Waals surface area contributed by atoms with Gasteiger partial charge in [-0.3, -0.25) is 4.79 Å². The van der Waals surface area contributed by atoms with Gasteiger partial charge in [0.25, 0.3) is 5.56 Å². The number of hydrogen-bond acceptors (Lipinski definition) is 6. The topological polar surface area (TPSA) is 152 Å². The third-order valence-electron chi connectivity index (χ3n) is 4.60. The summed E-state index contributed by atoms with van der Waals surface area (Å²) in [5.41, 5.74) is 3.43. The van der Waals surface area contributed by atoms with E-state index in [1.807, 2.05) is 4.98 Å². The van der Waals surface area contributed by atoms with Crippen LogP contribution in [-0.2, 0) is 6.61 Å². The first-order chi connectivity index (χ1) is 15.5. The van der Waals surface area contributed by atoms with Crippen molar-refractivity contribution in [3.8, 4) is 22.6 Å². The van der Waals surface area contributed by atoms with Crippen LogP contribution >= 0.6 is 34.8 Å². The van der Waals surface area contributed by atoms with Gasteiger partial charge in [-0.15, -0.1) is 0 Å². The van der Waals surface area contributed by atoms with Crippen molar-refractivity contribution in [2.45, 2.75) is 6.61 Å². The van der Waals surface area contributed by atoms with E-state index in [1.165, 1.54) is 37.4 Å². The first kappa shape index (κ1) is 24.2. The Morgan fingerprint density at radius 2 is 1.61 bits per heavy atom. The molecule has 0 bridgehead atoms. The number of benzene rings is 2. The number of pyridine rings is 1. The zero-order chi connectivity index (χ0) is 24.4. The van der Waals surface area contributed by atoms with Crippen LogP contribution < -0.4 is 20.8 Å². The highest BCUT2D eigenvalue weighted by Gasteiger charge is 2.27. The van der Waals surface area contributed by atoms with E-state index < -0.39 is 34.4 Å². The summed E-state index contributed by atoms with van der Waals surface area (Å²) in [5, 5.41) is 20.0. The van der Waals surface area contributed by atoms with Gasteiger partial charge in [0.1, 0.15) is 23.6 Å². The Kier molecular flexibility index (Phi) is 7.06. The lowest BCUT2D eigenvalue weighted by atomic mass is 9.95. The van der Waals surface area contributed by atoms with Gasteiger partial charge >= 0.3 is 11.9 Å². The number of ether oxygens (including phenoxy) is 2. The van der Waals surface area contributed by atoms with Gasteiger partial charge in [-0.25, -0.2) is 9.59 Å². The summed E-state index contributed by atoms with van der Waals surface area (Å²) >= 11 is 18.2. The van der Waals surface area contributed by atoms with E-state index in [1.54, 1.807) is 0 Å². The van der Waals surface area contributed by atoms with Gasteiger partial charge in [-0.2, -0.15) is 0 Å². The molecule has 0 fully saturated rings. The second-order valence-corrected chi connectivity index (χ2v) is 7.86. The van der Waals surface area contributed by atoms with Gasteiger partial charge in [0.05, 0.1) is 17.2 Å². The summed E-state index contributed by atoms with van der Waals surface area (Å²) < 4.78 is 11.1. The maximum Gasteiger partial charge on any atom is 0.342 e. The number of carboxylic acids is 2. The Morgan fingerprint density at radius 3 is 2.15 bits per heavy atom. The van der Waals surface area contributed by atoms with Gasteiger partial charge in [0, 0.05) is 16.1 Å². The van der Waals surface area contributed by atoms with E-state index in [0.29, 0.717) is 20.6 Å². The Morgan fingerprint density at radius 1 is 1.00 bits per heavy atom. The summed E-state index contributed by atoms with van der Waals surface area (Å²) in [4.78, 5) is 37.8. The first-order valence-electron chi connectivity index (χ1n) is 9.02. The predicted octanol–water partition coefficient (Wildman–Crippen LogP) is 4.57. The quantitative estimate of drug-likeness (QED) is 0.358. The number of carboxylic acid groups (broad SMARTS) is 2. The monoisotopic (exact) mass is 512 g/mol. The smallest absolute Gasteiger partial charge is 0.342 e. The fourth-order valence-corrected chi connectivity index (χ4v) is 4.06. The molecule has 172 valence electrons. The van der Waals surface area contributed by atoms with Crippen LogP contribution in [0.2, 0.25) is 15.1 Å². The zero-order valence-corrected chi connectivity index (χ0v) is 19.0. The molecule has 1 heterocycles. The third kappa shape index (κ3) is 4.85. The maximum atomic E-state index is 12.2. The van der Waals surface area contributed by atoms with E-state index in [0.717, 1.165) is 0 Å². The van der Waals surface area contributed by atoms with Crippen LogP contribution in [0.5, 0.6) is 11.5 Å². The van der Waals surface area contributed by atoms with Crippen molar-refractivity contribution in [1.82, 2.24) is 4.98 Å². The molecule has 0 aliphatic carbocycles. The van der Waals surface area contributed by atoms with Crippen LogP contribution in [-0.4, -0.2) is 34.2 Å². The molecular weight excluding hydrogens is 499 g/mol. The van der Waals surface area contributed by atoms with E-state index >= 15 is 0 Å². The fourth-order valence-electron chi connectivity index (χ4n) is 3.14. The second-order valence-electron chi connectivity index (χ2n) is 6.61. The molecule has 0 aliphatic heterocycles. The number of carbonyl (C=O) groups is 2. The number of halogens is 3. The molecule has 5 N–H and O–H groups in total. The number of aromatic amines is 1. The van der Waals surface area contributed by atoms with Crippen LogP contribution in [0, 0.1) is 0 Å². The van der Waals surface area contributed by atoms with Gasteiger partial charge in [-0.05, 0) is 29.8 Å². The van der Waals surface area contributed by atoms with Crippen molar-refractivity contribution in [1.29, 1.82) is 0 Å². The Bertz CT molecular complexity index is 1320. The highest BCUT2D eigenvalue weighted by atomic mass is 35.5. The fraction of sp³-hybridized carbons (Fsp3) is 0.0952. The summed E-state index contributed by atoms with van der Waals surface area (Å²) in [7, 11) is 1.33. The second kappa shape index (κ2) is 9.62. The molecule has 33 heavy (non-hydrogen) atoms. The molecule has 0 saturated carbocycles. The van der Waals surface area contributed by atoms with Crippen LogP contribution in [0.1, 0.15) is 26.3 Å². The maximum absolute atomic E-state index is 12.2. The standard InChI is InChI=1S/C21H15Cl3N2O7/c1-32-14-4-8(15-16(20(28)29)18(25)26-19(27)17(15)21(30)31)2-3-13(14)33-7-10-11(23)5-9(22)6-12(10)24/h2-6H,7H2,1H3,(H,28,29)(H,30,31)(H3,25,26,27). The van der Waals surface area contributed by atoms with Gasteiger partial charge in [0.15, 0.2) is 11.5 Å². The van der Waals surface area contributed by atoms with Crippen molar-refractivity contribution in [3.63, 3.8) is 0 Å². The van der Waals surface area contributed by atoms with E-state index in [-0.39, 0.29) is 29.2 Å². The number of nitrogens with two attached hydrogens (primary N) is 1. The highest BCUT2D eigenvalue weighted by molar-refractivity contribution is 6.39. The van der Waals surface area contributed by atoms with Crippen molar-refractivity contribution < 1.29 is 29.3 Å². The molecule has 12 heteroatoms. The zero-order valence-electron chi connectivity index (χ0n) is 16.7. The van der Waals surface area contributed by atoms with Crippen molar-refractivity contribution in [2.75, 3.05) is 12.8 Å². The number of methoxy groups -OCH3 is 1. The Hall–Kier alpha value is -3.40. The van der Waals surface area contributed by atoms with Crippen molar-refractivity contribution in [3.05, 3.63) is 72.4 Å². The lowest BCUT2D eigenvalue weighted by Gasteiger charge is -2.16. The van der Waals surface area contributed by atoms with Crippen LogP contribution in [0.3, 0.4) is 0 Å². The average Bonchev–Trinajstić information content (AvgIpc) is 2.71. The normalized spacial score (nSPS) is 10.7. The molecule has 0 spiro atoms. The third-order valence-corrected chi connectivity index (χ3v) is 5.50. The van der Waals surface area contributed by atoms with Gasteiger partial charge in [0.2, 0.25) is 0 Å². The van der Waals surface area contributed by atoms with Gasteiger partial charge < -0.3 is 30.4 Å². The largest absolute Gasteiger partial charge is 0.493 e. The van der Waals surface area contributed by atoms with Crippen LogP contribution in [0.15, 0.2) is 35.1 Å². The molecule has 0 amide bonds. The minimum absolute atomic E-state index is 0.0523. The lowest BCUT2D eigenvalue weighted by molar-refractivity contribution is 0.0695. The molecule has 0 unspecified atom stereocenters. The van der Waals surface area contributed by atoms with Crippen LogP contribution in [0.25, 0.3) is 11.1 Å². The van der Waals surface area contributed by atoms with Crippen molar-refractivity contribution in [2.24, 2.45) is 0 Å². The predicted molar refractivity (Wildman–Crippen MR) is 123 cm³/mol. The number of rotatable bonds is 7.